The Balaban J connectivity index is 2.14. The first-order valence-electron chi connectivity index (χ1n) is 5.17. The Hall–Kier alpha value is -1.08. The summed E-state index contributed by atoms with van der Waals surface area (Å²) in [4.78, 5) is 0. The molecule has 0 aromatic heterocycles. The summed E-state index contributed by atoms with van der Waals surface area (Å²) >= 11 is 0. The van der Waals surface area contributed by atoms with Crippen LogP contribution in [0.2, 0.25) is 0 Å². The zero-order chi connectivity index (χ0) is 9.97. The number of benzene rings is 1. The highest BCUT2D eigenvalue weighted by atomic mass is 28.2. The Morgan fingerprint density at radius 2 is 1.79 bits per heavy atom. The summed E-state index contributed by atoms with van der Waals surface area (Å²) < 4.78 is 0. The standard InChI is InChI=1S/C13H16Si/c1-10-8-9-13(11(10)2)14-12-6-4-3-5-7-12/h3-7,9H,8,14H2,1-2H3. The highest BCUT2D eigenvalue weighted by Gasteiger charge is 2.10. The van der Waals surface area contributed by atoms with E-state index in [4.69, 9.17) is 0 Å². The normalized spacial score (nSPS) is 16.9. The third kappa shape index (κ3) is 1.88. The van der Waals surface area contributed by atoms with Gasteiger partial charge in [-0.3, -0.25) is 0 Å². The second-order valence-electron chi connectivity index (χ2n) is 4.00. The Morgan fingerprint density at radius 1 is 1.07 bits per heavy atom. The van der Waals surface area contributed by atoms with Gasteiger partial charge in [0, 0.05) is 0 Å². The molecular formula is C13H16Si. The van der Waals surface area contributed by atoms with Gasteiger partial charge in [-0.15, -0.1) is 0 Å². The molecule has 1 aromatic rings. The van der Waals surface area contributed by atoms with Crippen molar-refractivity contribution in [3.63, 3.8) is 0 Å². The van der Waals surface area contributed by atoms with Crippen LogP contribution in [0.25, 0.3) is 0 Å². The quantitative estimate of drug-likeness (QED) is 0.641. The summed E-state index contributed by atoms with van der Waals surface area (Å²) in [6.07, 6.45) is 3.60. The van der Waals surface area contributed by atoms with E-state index in [1.807, 2.05) is 0 Å². The summed E-state index contributed by atoms with van der Waals surface area (Å²) in [5.41, 5.74) is 3.11. The Kier molecular flexibility index (Phi) is 2.68. The molecule has 1 aliphatic rings. The molecule has 1 heteroatoms. The monoisotopic (exact) mass is 200 g/mol. The van der Waals surface area contributed by atoms with Crippen molar-refractivity contribution >= 4 is 14.7 Å². The van der Waals surface area contributed by atoms with E-state index in [-0.39, 0.29) is 9.52 Å². The molecule has 0 aliphatic heterocycles. The molecule has 0 nitrogen and oxygen atoms in total. The van der Waals surface area contributed by atoms with Gasteiger partial charge in [-0.25, -0.2) is 0 Å². The molecule has 72 valence electrons. The van der Waals surface area contributed by atoms with Crippen LogP contribution in [-0.2, 0) is 0 Å². The zero-order valence-electron chi connectivity index (χ0n) is 8.88. The fraction of sp³-hybridized carbons (Fsp3) is 0.231. The first-order chi connectivity index (χ1) is 6.77. The minimum atomic E-state index is -0.211. The molecule has 0 saturated heterocycles. The van der Waals surface area contributed by atoms with Crippen LogP contribution in [0.3, 0.4) is 0 Å². The highest BCUT2D eigenvalue weighted by molar-refractivity contribution is 6.62. The van der Waals surface area contributed by atoms with E-state index in [1.54, 1.807) is 21.5 Å². The second-order valence-corrected chi connectivity index (χ2v) is 5.93. The van der Waals surface area contributed by atoms with Crippen LogP contribution in [0.1, 0.15) is 20.3 Å². The van der Waals surface area contributed by atoms with Gasteiger partial charge in [-0.2, -0.15) is 0 Å². The van der Waals surface area contributed by atoms with Gasteiger partial charge in [-0.05, 0) is 20.3 Å². The first-order valence-corrected chi connectivity index (χ1v) is 6.58. The average Bonchev–Trinajstić information content (AvgIpc) is 2.52. The molecule has 2 rings (SSSR count). The Labute approximate surface area is 88.2 Å². The minimum absolute atomic E-state index is 0.211. The van der Waals surface area contributed by atoms with Gasteiger partial charge in [0.25, 0.3) is 0 Å². The van der Waals surface area contributed by atoms with E-state index in [2.05, 4.69) is 50.3 Å². The van der Waals surface area contributed by atoms with Crippen LogP contribution in [0.15, 0.2) is 52.8 Å². The first kappa shape index (κ1) is 9.47. The van der Waals surface area contributed by atoms with E-state index < -0.39 is 0 Å². The van der Waals surface area contributed by atoms with E-state index in [9.17, 15) is 0 Å². The summed E-state index contributed by atoms with van der Waals surface area (Å²) in [5.74, 6) is 0. The molecule has 0 spiro atoms. The van der Waals surface area contributed by atoms with Crippen molar-refractivity contribution in [2.45, 2.75) is 20.3 Å². The lowest BCUT2D eigenvalue weighted by Crippen LogP contribution is -2.15. The molecule has 0 atom stereocenters. The average molecular weight is 200 g/mol. The highest BCUT2D eigenvalue weighted by Crippen LogP contribution is 2.23. The van der Waals surface area contributed by atoms with Crippen molar-refractivity contribution in [1.29, 1.82) is 0 Å². The lowest BCUT2D eigenvalue weighted by atomic mass is 10.2. The summed E-state index contributed by atoms with van der Waals surface area (Å²) in [5, 5.41) is 3.20. The maximum Gasteiger partial charge on any atom is 0.0874 e. The Morgan fingerprint density at radius 3 is 2.36 bits per heavy atom. The number of rotatable bonds is 2. The van der Waals surface area contributed by atoms with Crippen molar-refractivity contribution in [1.82, 2.24) is 0 Å². The zero-order valence-corrected chi connectivity index (χ0v) is 10.3. The lowest BCUT2D eigenvalue weighted by molar-refractivity contribution is 1.22. The van der Waals surface area contributed by atoms with Crippen LogP contribution in [0.4, 0.5) is 0 Å². The maximum atomic E-state index is 2.42. The molecule has 0 fully saturated rings. The van der Waals surface area contributed by atoms with E-state index in [0.717, 1.165) is 0 Å². The maximum absolute atomic E-state index is 2.42. The van der Waals surface area contributed by atoms with Crippen LogP contribution in [0, 0.1) is 0 Å². The molecule has 1 aromatic carbocycles. The van der Waals surface area contributed by atoms with Gasteiger partial charge in [-0.1, -0.05) is 57.9 Å². The van der Waals surface area contributed by atoms with Crippen LogP contribution >= 0.6 is 0 Å². The fourth-order valence-corrected chi connectivity index (χ4v) is 3.68. The molecule has 1 aliphatic carbocycles. The molecule has 0 N–H and O–H groups in total. The van der Waals surface area contributed by atoms with E-state index in [1.165, 1.54) is 6.42 Å². The smallest absolute Gasteiger partial charge is 0.0812 e. The molecule has 14 heavy (non-hydrogen) atoms. The molecular weight excluding hydrogens is 184 g/mol. The van der Waals surface area contributed by atoms with Crippen molar-refractivity contribution in [3.8, 4) is 0 Å². The van der Waals surface area contributed by atoms with E-state index >= 15 is 0 Å². The number of allylic oxidation sites excluding steroid dienone is 4. The van der Waals surface area contributed by atoms with E-state index in [0.29, 0.717) is 0 Å². The molecule has 0 radical (unpaired) electrons. The van der Waals surface area contributed by atoms with Crippen molar-refractivity contribution < 1.29 is 0 Å². The lowest BCUT2D eigenvalue weighted by Gasteiger charge is -2.04. The van der Waals surface area contributed by atoms with Crippen molar-refractivity contribution in [2.24, 2.45) is 0 Å². The van der Waals surface area contributed by atoms with Gasteiger partial charge < -0.3 is 0 Å². The number of hydrogen-bond acceptors (Lipinski definition) is 0. The predicted molar refractivity (Wildman–Crippen MR) is 65.7 cm³/mol. The molecule has 0 amide bonds. The van der Waals surface area contributed by atoms with Gasteiger partial charge in [0.05, 0.1) is 9.52 Å². The summed E-state index contributed by atoms with van der Waals surface area (Å²) in [7, 11) is -0.211. The minimum Gasteiger partial charge on any atom is -0.0812 e. The molecule has 0 heterocycles. The van der Waals surface area contributed by atoms with Gasteiger partial charge in [0.15, 0.2) is 0 Å². The fourth-order valence-electron chi connectivity index (χ4n) is 1.88. The van der Waals surface area contributed by atoms with Crippen molar-refractivity contribution in [2.75, 3.05) is 0 Å². The summed E-state index contributed by atoms with van der Waals surface area (Å²) in [6.45, 7) is 4.52. The predicted octanol–water partition coefficient (Wildman–Crippen LogP) is 2.10. The Bertz CT molecular complexity index is 385. The number of hydrogen-bond donors (Lipinski definition) is 0. The third-order valence-corrected chi connectivity index (χ3v) is 5.09. The molecule has 0 saturated carbocycles. The third-order valence-electron chi connectivity index (χ3n) is 3.01. The van der Waals surface area contributed by atoms with Gasteiger partial charge in [0.1, 0.15) is 0 Å². The topological polar surface area (TPSA) is 0 Å². The largest absolute Gasteiger partial charge is 0.0874 e. The van der Waals surface area contributed by atoms with Gasteiger partial charge >= 0.3 is 0 Å². The van der Waals surface area contributed by atoms with Crippen LogP contribution in [0.5, 0.6) is 0 Å². The van der Waals surface area contributed by atoms with Gasteiger partial charge in [0.2, 0.25) is 0 Å². The van der Waals surface area contributed by atoms with Crippen LogP contribution in [-0.4, -0.2) is 9.52 Å². The van der Waals surface area contributed by atoms with Crippen molar-refractivity contribution in [3.05, 3.63) is 52.8 Å². The summed E-state index contributed by atoms with van der Waals surface area (Å²) in [6, 6.07) is 10.9. The SMILES string of the molecule is CC1=C(C)C([SiH2]c2ccccc2)=CC1. The molecule has 0 unspecified atom stereocenters. The second kappa shape index (κ2) is 3.97. The van der Waals surface area contributed by atoms with Crippen LogP contribution < -0.4 is 5.19 Å². The molecule has 0 bridgehead atoms.